The molecule has 0 aliphatic heterocycles. The van der Waals surface area contributed by atoms with E-state index in [2.05, 4.69) is 31.0 Å². The SMILES string of the molecule is CC.CC(C)C(C)/C=N\N=C/N. The van der Waals surface area contributed by atoms with Crippen LogP contribution in [-0.2, 0) is 0 Å². The van der Waals surface area contributed by atoms with E-state index in [1.807, 2.05) is 13.8 Å². The fourth-order valence-electron chi connectivity index (χ4n) is 0.354. The third kappa shape index (κ3) is 9.14. The third-order valence-electron chi connectivity index (χ3n) is 1.49. The maximum absolute atomic E-state index is 4.99. The summed E-state index contributed by atoms with van der Waals surface area (Å²) >= 11 is 0. The van der Waals surface area contributed by atoms with E-state index in [0.29, 0.717) is 11.8 Å². The van der Waals surface area contributed by atoms with Gasteiger partial charge in [0.2, 0.25) is 0 Å². The Morgan fingerprint density at radius 3 is 1.92 bits per heavy atom. The summed E-state index contributed by atoms with van der Waals surface area (Å²) < 4.78 is 0. The summed E-state index contributed by atoms with van der Waals surface area (Å²) in [6.07, 6.45) is 2.98. The van der Waals surface area contributed by atoms with Crippen LogP contribution in [-0.4, -0.2) is 12.6 Å². The van der Waals surface area contributed by atoms with E-state index in [9.17, 15) is 0 Å². The Hall–Kier alpha value is -0.860. The standard InChI is InChI=1S/C7H15N3.C2H6/c1-6(2)7(3)4-9-10-5-8;1-2/h4-7H,1-3H3,(H2,8,10);1-2H3/b9-4-;. The summed E-state index contributed by atoms with van der Waals surface area (Å²) in [5.74, 6) is 1.07. The van der Waals surface area contributed by atoms with Crippen molar-refractivity contribution in [3.8, 4) is 0 Å². The molecule has 0 radical (unpaired) electrons. The van der Waals surface area contributed by atoms with Crippen LogP contribution in [0.5, 0.6) is 0 Å². The monoisotopic (exact) mass is 171 g/mol. The molecular formula is C9H21N3. The highest BCUT2D eigenvalue weighted by Crippen LogP contribution is 2.05. The van der Waals surface area contributed by atoms with Gasteiger partial charge in [0.15, 0.2) is 0 Å². The minimum Gasteiger partial charge on any atom is -0.388 e. The Labute approximate surface area is 75.8 Å². The van der Waals surface area contributed by atoms with Gasteiger partial charge in [0.1, 0.15) is 6.34 Å². The molecule has 3 nitrogen and oxygen atoms in total. The lowest BCUT2D eigenvalue weighted by molar-refractivity contribution is 0.539. The Bertz CT molecular complexity index is 128. The maximum Gasteiger partial charge on any atom is 0.108 e. The van der Waals surface area contributed by atoms with Crippen molar-refractivity contribution in [1.29, 1.82) is 0 Å². The second-order valence-electron chi connectivity index (χ2n) is 2.63. The molecule has 0 aromatic carbocycles. The summed E-state index contributed by atoms with van der Waals surface area (Å²) in [5, 5.41) is 7.25. The molecule has 0 aromatic rings. The molecule has 1 unspecified atom stereocenters. The van der Waals surface area contributed by atoms with Crippen LogP contribution in [0.2, 0.25) is 0 Å². The zero-order valence-corrected chi connectivity index (χ0v) is 8.78. The minimum atomic E-state index is 0.462. The summed E-state index contributed by atoms with van der Waals surface area (Å²) in [7, 11) is 0. The first-order valence-corrected chi connectivity index (χ1v) is 4.45. The Kier molecular flexibility index (Phi) is 11.6. The molecular weight excluding hydrogens is 150 g/mol. The van der Waals surface area contributed by atoms with E-state index in [4.69, 9.17) is 5.73 Å². The molecule has 0 saturated heterocycles. The largest absolute Gasteiger partial charge is 0.388 e. The van der Waals surface area contributed by atoms with Crippen LogP contribution in [0, 0.1) is 11.8 Å². The van der Waals surface area contributed by atoms with Crippen molar-refractivity contribution in [2.45, 2.75) is 34.6 Å². The number of nitrogens with two attached hydrogens (primary N) is 1. The van der Waals surface area contributed by atoms with Crippen LogP contribution in [0.4, 0.5) is 0 Å². The lowest BCUT2D eigenvalue weighted by Gasteiger charge is -2.06. The van der Waals surface area contributed by atoms with Gasteiger partial charge in [0.05, 0.1) is 0 Å². The number of nitrogens with zero attached hydrogens (tertiary/aromatic N) is 2. The Morgan fingerprint density at radius 1 is 1.08 bits per heavy atom. The van der Waals surface area contributed by atoms with Gasteiger partial charge in [-0.3, -0.25) is 0 Å². The third-order valence-corrected chi connectivity index (χ3v) is 1.49. The molecule has 0 bridgehead atoms. The van der Waals surface area contributed by atoms with Crippen molar-refractivity contribution >= 4 is 12.6 Å². The molecule has 0 spiro atoms. The van der Waals surface area contributed by atoms with Crippen molar-refractivity contribution in [3.05, 3.63) is 0 Å². The van der Waals surface area contributed by atoms with Gasteiger partial charge in [-0.15, -0.1) is 5.10 Å². The van der Waals surface area contributed by atoms with Crippen LogP contribution in [0.25, 0.3) is 0 Å². The smallest absolute Gasteiger partial charge is 0.108 e. The Morgan fingerprint density at radius 2 is 1.58 bits per heavy atom. The van der Waals surface area contributed by atoms with Gasteiger partial charge < -0.3 is 5.73 Å². The van der Waals surface area contributed by atoms with Crippen molar-refractivity contribution in [3.63, 3.8) is 0 Å². The first-order chi connectivity index (χ1) is 5.68. The second kappa shape index (κ2) is 10.1. The molecule has 2 N–H and O–H groups in total. The topological polar surface area (TPSA) is 50.7 Å². The molecule has 0 aromatic heterocycles. The highest BCUT2D eigenvalue weighted by Gasteiger charge is 2.01. The maximum atomic E-state index is 4.99. The lowest BCUT2D eigenvalue weighted by atomic mass is 10.0. The number of rotatable bonds is 3. The van der Waals surface area contributed by atoms with Crippen LogP contribution in [0.3, 0.4) is 0 Å². The van der Waals surface area contributed by atoms with Gasteiger partial charge in [0, 0.05) is 6.21 Å². The quantitative estimate of drug-likeness (QED) is 0.395. The van der Waals surface area contributed by atoms with Crippen molar-refractivity contribution in [2.24, 2.45) is 27.8 Å². The first-order valence-electron chi connectivity index (χ1n) is 4.45. The highest BCUT2D eigenvalue weighted by molar-refractivity contribution is 5.61. The Balaban J connectivity index is 0. The molecule has 0 saturated carbocycles. The van der Waals surface area contributed by atoms with Gasteiger partial charge in [-0.25, -0.2) is 0 Å². The van der Waals surface area contributed by atoms with Gasteiger partial charge in [-0.1, -0.05) is 34.6 Å². The zero-order chi connectivity index (χ0) is 9.98. The zero-order valence-electron chi connectivity index (χ0n) is 8.78. The van der Waals surface area contributed by atoms with E-state index < -0.39 is 0 Å². The minimum absolute atomic E-state index is 0.462. The van der Waals surface area contributed by atoms with Gasteiger partial charge in [0.25, 0.3) is 0 Å². The number of hydrogen-bond acceptors (Lipinski definition) is 2. The molecule has 12 heavy (non-hydrogen) atoms. The fraction of sp³-hybridized carbons (Fsp3) is 0.778. The van der Waals surface area contributed by atoms with Gasteiger partial charge >= 0.3 is 0 Å². The molecule has 0 aliphatic carbocycles. The molecule has 0 aliphatic rings. The van der Waals surface area contributed by atoms with Crippen molar-refractivity contribution < 1.29 is 0 Å². The number of hydrogen-bond donors (Lipinski definition) is 1. The molecule has 0 amide bonds. The molecule has 0 rings (SSSR count). The molecule has 0 heterocycles. The molecule has 0 fully saturated rings. The van der Waals surface area contributed by atoms with E-state index in [0.717, 1.165) is 0 Å². The van der Waals surface area contributed by atoms with Crippen molar-refractivity contribution in [2.75, 3.05) is 0 Å². The molecule has 3 heteroatoms. The van der Waals surface area contributed by atoms with Crippen LogP contribution in [0.1, 0.15) is 34.6 Å². The van der Waals surface area contributed by atoms with E-state index in [-0.39, 0.29) is 0 Å². The van der Waals surface area contributed by atoms with Crippen molar-refractivity contribution in [1.82, 2.24) is 0 Å². The summed E-state index contributed by atoms with van der Waals surface area (Å²) in [4.78, 5) is 0. The summed E-state index contributed by atoms with van der Waals surface area (Å²) in [6, 6.07) is 0. The normalized spacial score (nSPS) is 13.5. The fourth-order valence-corrected chi connectivity index (χ4v) is 0.354. The predicted octanol–water partition coefficient (Wildman–Crippen LogP) is 2.28. The lowest BCUT2D eigenvalue weighted by Crippen LogP contribution is -2.04. The predicted molar refractivity (Wildman–Crippen MR) is 56.5 cm³/mol. The second-order valence-corrected chi connectivity index (χ2v) is 2.63. The van der Waals surface area contributed by atoms with Crippen LogP contribution in [0.15, 0.2) is 10.2 Å². The van der Waals surface area contributed by atoms with Gasteiger partial charge in [-0.2, -0.15) is 5.10 Å². The highest BCUT2D eigenvalue weighted by atomic mass is 15.2. The molecule has 72 valence electrons. The average Bonchev–Trinajstić information content (AvgIpc) is 2.08. The molecule has 1 atom stereocenters. The summed E-state index contributed by atoms with van der Waals surface area (Å²) in [5.41, 5.74) is 4.99. The van der Waals surface area contributed by atoms with E-state index in [1.165, 1.54) is 6.34 Å². The van der Waals surface area contributed by atoms with Crippen LogP contribution < -0.4 is 5.73 Å². The average molecular weight is 171 g/mol. The van der Waals surface area contributed by atoms with E-state index >= 15 is 0 Å². The first kappa shape index (κ1) is 13.7. The van der Waals surface area contributed by atoms with E-state index in [1.54, 1.807) is 6.21 Å². The summed E-state index contributed by atoms with van der Waals surface area (Å²) in [6.45, 7) is 10.4. The van der Waals surface area contributed by atoms with Crippen LogP contribution >= 0.6 is 0 Å². The van der Waals surface area contributed by atoms with Gasteiger partial charge in [-0.05, 0) is 11.8 Å².